The Hall–Kier alpha value is -4.45. The molecule has 3 aromatic heterocycles. The van der Waals surface area contributed by atoms with Crippen LogP contribution in [0.5, 0.6) is 0 Å². The standard InChI is InChI=1S/C20H14N4.C14H12.Mg.2H/c1-2-14-10-16-5-6-18(23-16)12-20-8-7-19(24-20)11-17-4-3-15(22-17)9-13(1)21-14;1-3-7-13(8-4-1)11-12-14-9-5-2-6-10-14;;;/h1-12,21,24H;1-12H;;;. The average Bonchev–Trinajstić information content (AvgIpc) is 3.76. The summed E-state index contributed by atoms with van der Waals surface area (Å²) in [5, 5.41) is 0. The van der Waals surface area contributed by atoms with Crippen molar-refractivity contribution >= 4 is 81.6 Å². The molecule has 39 heavy (non-hydrogen) atoms. The number of aromatic nitrogens is 4. The number of H-pyrrole nitrogens is 2. The van der Waals surface area contributed by atoms with Crippen LogP contribution in [0, 0.1) is 0 Å². The topological polar surface area (TPSA) is 57.4 Å². The first-order valence-electron chi connectivity index (χ1n) is 12.6. The summed E-state index contributed by atoms with van der Waals surface area (Å²) in [6.07, 6.45) is 12.3. The fourth-order valence-electron chi connectivity index (χ4n) is 4.26. The molecule has 0 fully saturated rings. The Morgan fingerprint density at radius 2 is 0.718 bits per heavy atom. The molecule has 0 saturated carbocycles. The van der Waals surface area contributed by atoms with Crippen LogP contribution in [0.1, 0.15) is 33.9 Å². The zero-order chi connectivity index (χ0) is 25.6. The maximum Gasteiger partial charge on any atom is 0.316 e. The molecule has 2 aliphatic heterocycles. The van der Waals surface area contributed by atoms with Gasteiger partial charge in [-0.3, -0.25) is 0 Å². The van der Waals surface area contributed by atoms with Gasteiger partial charge in [0.25, 0.3) is 0 Å². The Morgan fingerprint density at radius 3 is 1.03 bits per heavy atom. The lowest BCUT2D eigenvalue weighted by molar-refractivity contribution is 1.31. The first-order valence-corrected chi connectivity index (χ1v) is 12.6. The van der Waals surface area contributed by atoms with E-state index in [0.717, 1.165) is 44.8 Å². The first-order chi connectivity index (χ1) is 18.7. The zero-order valence-corrected chi connectivity index (χ0v) is 20.8. The molecule has 8 bridgehead atoms. The van der Waals surface area contributed by atoms with Crippen molar-refractivity contribution in [2.45, 2.75) is 0 Å². The molecule has 5 aromatic rings. The summed E-state index contributed by atoms with van der Waals surface area (Å²) in [6.45, 7) is 0. The Morgan fingerprint density at radius 1 is 0.410 bits per heavy atom. The summed E-state index contributed by atoms with van der Waals surface area (Å²) in [5.74, 6) is 0. The summed E-state index contributed by atoms with van der Waals surface area (Å²) in [5.41, 5.74) is 10.3. The van der Waals surface area contributed by atoms with Crippen molar-refractivity contribution < 1.29 is 0 Å². The van der Waals surface area contributed by atoms with E-state index in [-0.39, 0.29) is 23.1 Å². The minimum absolute atomic E-state index is 0. The monoisotopic (exact) mass is 516 g/mol. The third-order valence-corrected chi connectivity index (χ3v) is 6.11. The van der Waals surface area contributed by atoms with Crippen molar-refractivity contribution in [3.8, 4) is 0 Å². The van der Waals surface area contributed by atoms with Gasteiger partial charge in [-0.25, -0.2) is 9.97 Å². The number of nitrogens with one attached hydrogen (secondary N) is 2. The SMILES string of the molecule is C(=Cc1ccccc1)c1ccccc1.C1=Cc2cc3ccc(cc4nc(cc5ccc(cc1n2)[nH]5)C=C4)[nH]3.[MgH2]. The van der Waals surface area contributed by atoms with Gasteiger partial charge in [0.05, 0.1) is 22.8 Å². The van der Waals surface area contributed by atoms with E-state index in [9.17, 15) is 0 Å². The van der Waals surface area contributed by atoms with E-state index < -0.39 is 0 Å². The molecule has 0 unspecified atom stereocenters. The minimum Gasteiger partial charge on any atom is -0.355 e. The first kappa shape index (κ1) is 26.2. The number of aromatic amines is 2. The van der Waals surface area contributed by atoms with Crippen LogP contribution >= 0.6 is 0 Å². The van der Waals surface area contributed by atoms with E-state index in [0.29, 0.717) is 0 Å². The molecule has 5 heteroatoms. The van der Waals surface area contributed by atoms with E-state index in [1.165, 1.54) is 11.1 Å². The molecule has 186 valence electrons. The lowest BCUT2D eigenvalue weighted by Crippen LogP contribution is -1.75. The zero-order valence-electron chi connectivity index (χ0n) is 20.8. The van der Waals surface area contributed by atoms with Crippen molar-refractivity contribution in [1.82, 2.24) is 19.9 Å². The summed E-state index contributed by atoms with van der Waals surface area (Å²) in [6, 6.07) is 37.0. The Balaban J connectivity index is 0.000000177. The second-order valence-corrected chi connectivity index (χ2v) is 9.06. The number of fused-ring (bicyclic) bond motifs is 8. The van der Waals surface area contributed by atoms with Crippen LogP contribution in [0.3, 0.4) is 0 Å². The number of rotatable bonds is 2. The Labute approximate surface area is 243 Å². The van der Waals surface area contributed by atoms with E-state index in [2.05, 4.69) is 80.6 Å². The van der Waals surface area contributed by atoms with Gasteiger partial charge in [0, 0.05) is 22.1 Å². The largest absolute Gasteiger partial charge is 0.355 e. The molecule has 0 atom stereocenters. The highest BCUT2D eigenvalue weighted by Crippen LogP contribution is 2.17. The number of hydrogen-bond acceptors (Lipinski definition) is 2. The van der Waals surface area contributed by atoms with E-state index in [1.807, 2.05) is 85.0 Å². The second-order valence-electron chi connectivity index (χ2n) is 9.06. The molecule has 5 heterocycles. The number of hydrogen-bond donors (Lipinski definition) is 2. The van der Waals surface area contributed by atoms with Crippen LogP contribution < -0.4 is 0 Å². The molecular formula is C34H28MgN4. The van der Waals surface area contributed by atoms with Gasteiger partial charge in [-0.2, -0.15) is 0 Å². The van der Waals surface area contributed by atoms with Gasteiger partial charge in [-0.05, 0) is 84.0 Å². The van der Waals surface area contributed by atoms with Crippen LogP contribution in [0.2, 0.25) is 0 Å². The lowest BCUT2D eigenvalue weighted by Gasteiger charge is -1.92. The van der Waals surface area contributed by atoms with Crippen LogP contribution in [0.15, 0.2) is 109 Å². The maximum atomic E-state index is 4.63. The summed E-state index contributed by atoms with van der Waals surface area (Å²) < 4.78 is 0. The van der Waals surface area contributed by atoms with Gasteiger partial charge < -0.3 is 9.97 Å². The molecule has 7 rings (SSSR count). The molecule has 0 amide bonds. The van der Waals surface area contributed by atoms with Crippen LogP contribution in [0.25, 0.3) is 58.5 Å². The van der Waals surface area contributed by atoms with Gasteiger partial charge in [-0.15, -0.1) is 0 Å². The van der Waals surface area contributed by atoms with Gasteiger partial charge >= 0.3 is 23.1 Å². The average molecular weight is 517 g/mol. The van der Waals surface area contributed by atoms with Gasteiger partial charge in [-0.1, -0.05) is 72.8 Å². The Kier molecular flexibility index (Phi) is 8.31. The van der Waals surface area contributed by atoms with Gasteiger partial charge in [0.1, 0.15) is 0 Å². The molecule has 2 aromatic carbocycles. The van der Waals surface area contributed by atoms with Gasteiger partial charge in [0.2, 0.25) is 0 Å². The summed E-state index contributed by atoms with van der Waals surface area (Å²) >= 11 is 0. The van der Waals surface area contributed by atoms with E-state index >= 15 is 0 Å². The van der Waals surface area contributed by atoms with Crippen LogP contribution in [0.4, 0.5) is 0 Å². The minimum atomic E-state index is 0. The fraction of sp³-hybridized carbons (Fsp3) is 0. The van der Waals surface area contributed by atoms with Crippen molar-refractivity contribution in [3.05, 3.63) is 143 Å². The third kappa shape index (κ3) is 7.11. The van der Waals surface area contributed by atoms with Crippen LogP contribution in [-0.4, -0.2) is 43.0 Å². The quantitative estimate of drug-likeness (QED) is 0.184. The molecule has 2 N–H and O–H groups in total. The second kappa shape index (κ2) is 12.4. The predicted molar refractivity (Wildman–Crippen MR) is 169 cm³/mol. The smallest absolute Gasteiger partial charge is 0.316 e. The maximum absolute atomic E-state index is 4.63. The summed E-state index contributed by atoms with van der Waals surface area (Å²) in [7, 11) is 0. The molecule has 0 radical (unpaired) electrons. The van der Waals surface area contributed by atoms with Crippen molar-refractivity contribution in [2.75, 3.05) is 0 Å². The summed E-state index contributed by atoms with van der Waals surface area (Å²) in [4.78, 5) is 16.0. The van der Waals surface area contributed by atoms with Crippen LogP contribution in [-0.2, 0) is 0 Å². The molecule has 4 nitrogen and oxygen atoms in total. The molecule has 0 saturated heterocycles. The van der Waals surface area contributed by atoms with Crippen molar-refractivity contribution in [2.24, 2.45) is 0 Å². The van der Waals surface area contributed by atoms with Gasteiger partial charge in [0.15, 0.2) is 0 Å². The molecular weight excluding hydrogens is 489 g/mol. The normalized spacial score (nSPS) is 11.6. The molecule has 2 aliphatic rings. The lowest BCUT2D eigenvalue weighted by atomic mass is 10.1. The predicted octanol–water partition coefficient (Wildman–Crippen LogP) is 7.60. The Bertz CT molecular complexity index is 1590. The fourth-order valence-corrected chi connectivity index (χ4v) is 4.26. The van der Waals surface area contributed by atoms with Crippen molar-refractivity contribution in [3.63, 3.8) is 0 Å². The third-order valence-electron chi connectivity index (χ3n) is 6.11. The van der Waals surface area contributed by atoms with E-state index in [4.69, 9.17) is 0 Å². The number of benzene rings is 2. The van der Waals surface area contributed by atoms with Crippen molar-refractivity contribution in [1.29, 1.82) is 0 Å². The highest BCUT2D eigenvalue weighted by atomic mass is 24.3. The molecule has 0 spiro atoms. The highest BCUT2D eigenvalue weighted by Gasteiger charge is 2.01. The number of nitrogens with zero attached hydrogens (tertiary/aromatic N) is 2. The van der Waals surface area contributed by atoms with E-state index in [1.54, 1.807) is 0 Å². The molecule has 0 aliphatic carbocycles. The highest BCUT2D eigenvalue weighted by molar-refractivity contribution is 5.77.